The van der Waals surface area contributed by atoms with Gasteiger partial charge in [-0.25, -0.2) is 9.97 Å². The average molecular weight is 345 g/mol. The zero-order valence-electron chi connectivity index (χ0n) is 12.9. The number of phenols is 2. The van der Waals surface area contributed by atoms with Gasteiger partial charge in [-0.1, -0.05) is 0 Å². The first-order valence-corrected chi connectivity index (χ1v) is 7.86. The number of benzene rings is 1. The van der Waals surface area contributed by atoms with Gasteiger partial charge < -0.3 is 10.2 Å². The van der Waals surface area contributed by atoms with E-state index < -0.39 is 0 Å². The van der Waals surface area contributed by atoms with Crippen LogP contribution in [0.3, 0.4) is 0 Å². The second kappa shape index (κ2) is 6.20. The summed E-state index contributed by atoms with van der Waals surface area (Å²) in [6, 6.07) is 5.95. The molecular weight excluding hydrogens is 330 g/mol. The highest BCUT2D eigenvalue weighted by molar-refractivity contribution is 7.14. The minimum atomic E-state index is -0.202. The van der Waals surface area contributed by atoms with E-state index in [4.69, 9.17) is 0 Å². The Morgan fingerprint density at radius 1 is 1.12 bits per heavy atom. The second-order valence-corrected chi connectivity index (χ2v) is 5.97. The number of nitrogens with zero attached hydrogens (tertiary/aromatic N) is 3. The summed E-state index contributed by atoms with van der Waals surface area (Å²) in [5.74, 6) is -0.00782. The summed E-state index contributed by atoms with van der Waals surface area (Å²) < 4.78 is 1.38. The van der Waals surface area contributed by atoms with Crippen molar-refractivity contribution in [2.45, 2.75) is 6.92 Å². The van der Waals surface area contributed by atoms with Crippen molar-refractivity contribution < 1.29 is 10.2 Å². The molecule has 9 heteroatoms. The van der Waals surface area contributed by atoms with Crippen LogP contribution in [0.15, 0.2) is 34.4 Å². The summed E-state index contributed by atoms with van der Waals surface area (Å²) in [4.78, 5) is 20.3. The Balaban J connectivity index is 1.77. The van der Waals surface area contributed by atoms with Crippen LogP contribution >= 0.6 is 11.3 Å². The number of anilines is 2. The molecule has 0 aliphatic rings. The lowest BCUT2D eigenvalue weighted by molar-refractivity contribution is 0.404. The summed E-state index contributed by atoms with van der Waals surface area (Å²) in [7, 11) is 1.62. The molecule has 4 N–H and O–H groups in total. The fraction of sp³-hybridized carbons (Fsp3) is 0.133. The molecule has 3 aromatic rings. The molecule has 0 bridgehead atoms. The number of hydrazine groups is 1. The van der Waals surface area contributed by atoms with Crippen molar-refractivity contribution in [3.63, 3.8) is 0 Å². The van der Waals surface area contributed by atoms with E-state index in [1.165, 1.54) is 34.1 Å². The Hall–Kier alpha value is -3.07. The van der Waals surface area contributed by atoms with Crippen molar-refractivity contribution in [2.75, 3.05) is 10.9 Å². The summed E-state index contributed by atoms with van der Waals surface area (Å²) in [5.41, 5.74) is 7.52. The number of nitrogens with one attached hydrogen (secondary N) is 2. The van der Waals surface area contributed by atoms with Crippen LogP contribution in [0.5, 0.6) is 11.5 Å². The molecule has 24 heavy (non-hydrogen) atoms. The maximum absolute atomic E-state index is 11.7. The van der Waals surface area contributed by atoms with Crippen molar-refractivity contribution in [3.05, 3.63) is 45.7 Å². The topological polar surface area (TPSA) is 112 Å². The van der Waals surface area contributed by atoms with E-state index >= 15 is 0 Å². The summed E-state index contributed by atoms with van der Waals surface area (Å²) in [6.45, 7) is 1.74. The van der Waals surface area contributed by atoms with E-state index in [9.17, 15) is 15.0 Å². The highest BCUT2D eigenvalue weighted by atomic mass is 32.1. The number of aromatic nitrogens is 3. The average Bonchev–Trinajstić information content (AvgIpc) is 3.01. The van der Waals surface area contributed by atoms with Crippen LogP contribution in [0.25, 0.3) is 11.3 Å². The molecule has 0 aliphatic heterocycles. The van der Waals surface area contributed by atoms with Gasteiger partial charge in [0.2, 0.25) is 11.1 Å². The molecule has 1 aromatic carbocycles. The zero-order valence-corrected chi connectivity index (χ0v) is 13.8. The van der Waals surface area contributed by atoms with Crippen molar-refractivity contribution in [2.24, 2.45) is 7.05 Å². The first-order valence-electron chi connectivity index (χ1n) is 6.98. The third-order valence-electron chi connectivity index (χ3n) is 3.32. The van der Waals surface area contributed by atoms with Gasteiger partial charge in [-0.05, 0) is 25.1 Å². The lowest BCUT2D eigenvalue weighted by Gasteiger charge is -2.10. The van der Waals surface area contributed by atoms with Crippen LogP contribution in [-0.2, 0) is 7.05 Å². The van der Waals surface area contributed by atoms with E-state index in [1.807, 2.05) is 0 Å². The quantitative estimate of drug-likeness (QED) is 0.423. The molecule has 0 fully saturated rings. The molecule has 0 atom stereocenters. The minimum Gasteiger partial charge on any atom is -0.504 e. The van der Waals surface area contributed by atoms with Gasteiger partial charge in [-0.15, -0.1) is 11.3 Å². The van der Waals surface area contributed by atoms with Gasteiger partial charge in [0.1, 0.15) is 0 Å². The summed E-state index contributed by atoms with van der Waals surface area (Å²) >= 11 is 1.34. The molecule has 0 saturated heterocycles. The lowest BCUT2D eigenvalue weighted by Crippen LogP contribution is -2.24. The third-order valence-corrected chi connectivity index (χ3v) is 4.08. The Morgan fingerprint density at radius 3 is 2.67 bits per heavy atom. The summed E-state index contributed by atoms with van der Waals surface area (Å²) in [5, 5.41) is 21.3. The standard InChI is InChI=1S/C15H15N5O3S/c1-8-5-13(23)20(2)14(16-8)18-19-15-17-10(7-24-15)9-3-4-11(21)12(22)6-9/h3-7,21-22H,1-2H3,(H,16,18)(H,17,19). The fourth-order valence-corrected chi connectivity index (χ4v) is 2.69. The van der Waals surface area contributed by atoms with Crippen LogP contribution < -0.4 is 16.4 Å². The predicted octanol–water partition coefficient (Wildman–Crippen LogP) is 2.06. The summed E-state index contributed by atoms with van der Waals surface area (Å²) in [6.07, 6.45) is 0. The van der Waals surface area contributed by atoms with E-state index in [-0.39, 0.29) is 17.1 Å². The Morgan fingerprint density at radius 2 is 1.92 bits per heavy atom. The number of phenolic OH excluding ortho intramolecular Hbond substituents is 2. The normalized spacial score (nSPS) is 10.6. The molecule has 0 unspecified atom stereocenters. The van der Waals surface area contributed by atoms with E-state index in [0.717, 1.165) is 0 Å². The van der Waals surface area contributed by atoms with Crippen LogP contribution in [0, 0.1) is 6.92 Å². The minimum absolute atomic E-state index is 0.161. The number of rotatable bonds is 4. The first-order chi connectivity index (χ1) is 11.4. The fourth-order valence-electron chi connectivity index (χ4n) is 2.02. The molecule has 0 spiro atoms. The highest BCUT2D eigenvalue weighted by Crippen LogP contribution is 2.31. The van der Waals surface area contributed by atoms with Crippen LogP contribution in [0.1, 0.15) is 5.69 Å². The van der Waals surface area contributed by atoms with E-state index in [2.05, 4.69) is 20.8 Å². The van der Waals surface area contributed by atoms with E-state index in [1.54, 1.807) is 25.4 Å². The number of thiazole rings is 1. The Bertz CT molecular complexity index is 951. The Kier molecular flexibility index (Phi) is 4.09. The number of aromatic hydroxyl groups is 2. The van der Waals surface area contributed by atoms with Gasteiger partial charge in [0.25, 0.3) is 5.56 Å². The number of hydrogen-bond acceptors (Lipinski definition) is 8. The Labute approximate surface area is 141 Å². The maximum Gasteiger partial charge on any atom is 0.254 e. The first kappa shape index (κ1) is 15.8. The SMILES string of the molecule is Cc1cc(=O)n(C)c(NNc2nc(-c3ccc(O)c(O)c3)cs2)n1. The van der Waals surface area contributed by atoms with Crippen molar-refractivity contribution >= 4 is 22.4 Å². The second-order valence-electron chi connectivity index (χ2n) is 5.11. The van der Waals surface area contributed by atoms with Crippen LogP contribution in [-0.4, -0.2) is 24.7 Å². The van der Waals surface area contributed by atoms with Crippen LogP contribution in [0.2, 0.25) is 0 Å². The predicted molar refractivity (Wildman–Crippen MR) is 92.3 cm³/mol. The molecule has 124 valence electrons. The van der Waals surface area contributed by atoms with Gasteiger partial charge in [0.15, 0.2) is 11.5 Å². The maximum atomic E-state index is 11.7. The van der Waals surface area contributed by atoms with Gasteiger partial charge in [-0.2, -0.15) is 0 Å². The molecule has 3 rings (SSSR count). The van der Waals surface area contributed by atoms with Crippen LogP contribution in [0.4, 0.5) is 11.1 Å². The molecule has 2 aromatic heterocycles. The number of aryl methyl sites for hydroxylation is 1. The molecule has 0 radical (unpaired) electrons. The highest BCUT2D eigenvalue weighted by Gasteiger charge is 2.08. The molecule has 0 saturated carbocycles. The monoisotopic (exact) mass is 345 g/mol. The van der Waals surface area contributed by atoms with Crippen molar-refractivity contribution in [3.8, 4) is 22.8 Å². The van der Waals surface area contributed by atoms with Gasteiger partial charge in [0.05, 0.1) is 5.69 Å². The third kappa shape index (κ3) is 3.15. The zero-order chi connectivity index (χ0) is 17.3. The van der Waals surface area contributed by atoms with E-state index in [0.29, 0.717) is 28.0 Å². The number of hydrogen-bond donors (Lipinski definition) is 4. The van der Waals surface area contributed by atoms with Gasteiger partial charge >= 0.3 is 0 Å². The molecule has 2 heterocycles. The van der Waals surface area contributed by atoms with Gasteiger partial charge in [-0.3, -0.25) is 20.2 Å². The lowest BCUT2D eigenvalue weighted by atomic mass is 10.1. The largest absolute Gasteiger partial charge is 0.504 e. The van der Waals surface area contributed by atoms with Crippen molar-refractivity contribution in [1.29, 1.82) is 0 Å². The van der Waals surface area contributed by atoms with Gasteiger partial charge in [0, 0.05) is 29.8 Å². The smallest absolute Gasteiger partial charge is 0.254 e. The van der Waals surface area contributed by atoms with Crippen molar-refractivity contribution in [1.82, 2.24) is 14.5 Å². The molecular formula is C15H15N5O3S. The molecule has 0 amide bonds. The molecule has 0 aliphatic carbocycles. The molecule has 8 nitrogen and oxygen atoms in total.